The molecule has 6 heteroatoms. The molecule has 2 N–H and O–H groups in total. The van der Waals surface area contributed by atoms with Crippen LogP contribution >= 0.6 is 15.9 Å². The predicted octanol–water partition coefficient (Wildman–Crippen LogP) is 5.28. The third kappa shape index (κ3) is 5.93. The summed E-state index contributed by atoms with van der Waals surface area (Å²) in [5.41, 5.74) is 2.85. The van der Waals surface area contributed by atoms with Gasteiger partial charge in [-0.15, -0.1) is 0 Å². The Bertz CT molecular complexity index is 1010. The fraction of sp³-hybridized carbons (Fsp3) is 0.130. The summed E-state index contributed by atoms with van der Waals surface area (Å²) in [6.07, 6.45) is 1.07. The summed E-state index contributed by atoms with van der Waals surface area (Å²) >= 11 is 3.38. The highest BCUT2D eigenvalue weighted by Crippen LogP contribution is 2.26. The van der Waals surface area contributed by atoms with Gasteiger partial charge in [-0.2, -0.15) is 0 Å². The largest absolute Gasteiger partial charge is 0.496 e. The Hall–Kier alpha value is -3.12. The third-order valence-corrected chi connectivity index (χ3v) is 4.92. The molecule has 3 rings (SSSR count). The van der Waals surface area contributed by atoms with E-state index in [1.54, 1.807) is 49.6 Å². The van der Waals surface area contributed by atoms with Crippen molar-refractivity contribution in [3.63, 3.8) is 0 Å². The summed E-state index contributed by atoms with van der Waals surface area (Å²) in [4.78, 5) is 24.7. The second-order valence-electron chi connectivity index (χ2n) is 6.42. The lowest BCUT2D eigenvalue weighted by atomic mass is 10.1. The van der Waals surface area contributed by atoms with E-state index < -0.39 is 0 Å². The third-order valence-electron chi connectivity index (χ3n) is 4.30. The number of ether oxygens (including phenoxy) is 1. The van der Waals surface area contributed by atoms with Crippen LogP contribution in [0.15, 0.2) is 77.3 Å². The van der Waals surface area contributed by atoms with Crippen LogP contribution in [0, 0.1) is 0 Å². The zero-order valence-corrected chi connectivity index (χ0v) is 17.5. The summed E-state index contributed by atoms with van der Waals surface area (Å²) in [5.74, 6) is 0.332. The first-order valence-electron chi connectivity index (χ1n) is 9.14. The number of benzene rings is 3. The number of aryl methyl sites for hydroxylation is 1. The summed E-state index contributed by atoms with van der Waals surface area (Å²) < 4.78 is 5.88. The highest BCUT2D eigenvalue weighted by Gasteiger charge is 2.10. The lowest BCUT2D eigenvalue weighted by molar-refractivity contribution is -0.116. The molecule has 0 atom stereocenters. The molecule has 29 heavy (non-hydrogen) atoms. The Morgan fingerprint density at radius 3 is 2.31 bits per heavy atom. The summed E-state index contributed by atoms with van der Waals surface area (Å²) in [5, 5.41) is 5.72. The smallest absolute Gasteiger partial charge is 0.255 e. The second kappa shape index (κ2) is 9.89. The lowest BCUT2D eigenvalue weighted by Gasteiger charge is -2.10. The summed E-state index contributed by atoms with van der Waals surface area (Å²) in [6.45, 7) is 0. The first-order chi connectivity index (χ1) is 14.0. The Kier molecular flexibility index (Phi) is 7.03. The molecule has 5 nitrogen and oxygen atoms in total. The second-order valence-corrected chi connectivity index (χ2v) is 7.27. The maximum atomic E-state index is 12.5. The van der Waals surface area contributed by atoms with Crippen molar-refractivity contribution in [3.8, 4) is 5.75 Å². The van der Waals surface area contributed by atoms with Crippen molar-refractivity contribution < 1.29 is 14.3 Å². The molecule has 0 aliphatic carbocycles. The summed E-state index contributed by atoms with van der Waals surface area (Å²) in [7, 11) is 1.57. The van der Waals surface area contributed by atoms with Gasteiger partial charge in [0, 0.05) is 23.4 Å². The number of methoxy groups -OCH3 is 1. The standard InChI is InChI=1S/C23H21BrN2O3/c1-29-21-12-11-17(14-20(21)24)23(28)26-19-9-5-8-18(15-19)25-22(27)13-10-16-6-3-2-4-7-16/h2-9,11-12,14-15H,10,13H2,1H3,(H,25,27)(H,26,28). The van der Waals surface area contributed by atoms with Crippen molar-refractivity contribution in [1.82, 2.24) is 0 Å². The normalized spacial score (nSPS) is 10.3. The highest BCUT2D eigenvalue weighted by atomic mass is 79.9. The van der Waals surface area contributed by atoms with Crippen molar-refractivity contribution in [2.24, 2.45) is 0 Å². The van der Waals surface area contributed by atoms with Crippen LogP contribution in [0.5, 0.6) is 5.75 Å². The van der Waals surface area contributed by atoms with E-state index in [-0.39, 0.29) is 11.8 Å². The zero-order valence-electron chi connectivity index (χ0n) is 15.9. The van der Waals surface area contributed by atoms with E-state index in [2.05, 4.69) is 26.6 Å². The monoisotopic (exact) mass is 452 g/mol. The molecule has 3 aromatic rings. The van der Waals surface area contributed by atoms with Crippen molar-refractivity contribution in [2.45, 2.75) is 12.8 Å². The van der Waals surface area contributed by atoms with E-state index in [1.807, 2.05) is 30.3 Å². The van der Waals surface area contributed by atoms with E-state index in [0.29, 0.717) is 40.0 Å². The first kappa shape index (κ1) is 20.6. The fourth-order valence-corrected chi connectivity index (χ4v) is 3.35. The number of rotatable bonds is 7. The van der Waals surface area contributed by atoms with Crippen molar-refractivity contribution in [2.75, 3.05) is 17.7 Å². The predicted molar refractivity (Wildman–Crippen MR) is 118 cm³/mol. The van der Waals surface area contributed by atoms with Crippen LogP contribution in [0.3, 0.4) is 0 Å². The number of carbonyl (C=O) groups excluding carboxylic acids is 2. The molecule has 148 valence electrons. The van der Waals surface area contributed by atoms with Gasteiger partial charge in [-0.1, -0.05) is 36.4 Å². The van der Waals surface area contributed by atoms with Gasteiger partial charge in [-0.05, 0) is 64.3 Å². The average Bonchev–Trinajstić information content (AvgIpc) is 2.73. The van der Waals surface area contributed by atoms with Crippen LogP contribution in [0.1, 0.15) is 22.3 Å². The van der Waals surface area contributed by atoms with Gasteiger partial charge in [-0.25, -0.2) is 0 Å². The van der Waals surface area contributed by atoms with Gasteiger partial charge in [0.1, 0.15) is 5.75 Å². The van der Waals surface area contributed by atoms with Gasteiger partial charge in [0.05, 0.1) is 11.6 Å². The Morgan fingerprint density at radius 1 is 0.897 bits per heavy atom. The van der Waals surface area contributed by atoms with E-state index >= 15 is 0 Å². The molecule has 0 aliphatic heterocycles. The molecule has 0 radical (unpaired) electrons. The molecule has 0 fully saturated rings. The Labute approximate surface area is 178 Å². The zero-order chi connectivity index (χ0) is 20.6. The fourth-order valence-electron chi connectivity index (χ4n) is 2.81. The molecule has 0 heterocycles. The van der Waals surface area contributed by atoms with Gasteiger partial charge in [-0.3, -0.25) is 9.59 Å². The minimum atomic E-state index is -0.249. The molecular formula is C23H21BrN2O3. The quantitative estimate of drug-likeness (QED) is 0.512. The van der Waals surface area contributed by atoms with Crippen molar-refractivity contribution >= 4 is 39.1 Å². The van der Waals surface area contributed by atoms with E-state index in [0.717, 1.165) is 5.56 Å². The SMILES string of the molecule is COc1ccc(C(=O)Nc2cccc(NC(=O)CCc3ccccc3)c2)cc1Br. The lowest BCUT2D eigenvalue weighted by Crippen LogP contribution is -2.14. The minimum Gasteiger partial charge on any atom is -0.496 e. The first-order valence-corrected chi connectivity index (χ1v) is 9.93. The number of carbonyl (C=O) groups is 2. The van der Waals surface area contributed by atoms with Gasteiger partial charge >= 0.3 is 0 Å². The molecule has 0 unspecified atom stereocenters. The maximum absolute atomic E-state index is 12.5. The number of amides is 2. The molecule has 0 bridgehead atoms. The van der Waals surface area contributed by atoms with Crippen LogP contribution < -0.4 is 15.4 Å². The number of halogens is 1. The Morgan fingerprint density at radius 2 is 1.62 bits per heavy atom. The number of nitrogens with one attached hydrogen (secondary N) is 2. The molecule has 3 aromatic carbocycles. The van der Waals surface area contributed by atoms with Crippen LogP contribution in [0.25, 0.3) is 0 Å². The van der Waals surface area contributed by atoms with Crippen LogP contribution in [-0.2, 0) is 11.2 Å². The molecule has 0 spiro atoms. The van der Waals surface area contributed by atoms with Crippen molar-refractivity contribution in [3.05, 3.63) is 88.4 Å². The van der Waals surface area contributed by atoms with Crippen molar-refractivity contribution in [1.29, 1.82) is 0 Å². The van der Waals surface area contributed by atoms with Crippen LogP contribution in [0.4, 0.5) is 11.4 Å². The molecule has 0 saturated heterocycles. The van der Waals surface area contributed by atoms with E-state index in [9.17, 15) is 9.59 Å². The number of hydrogen-bond donors (Lipinski definition) is 2. The van der Waals surface area contributed by atoms with Crippen LogP contribution in [0.2, 0.25) is 0 Å². The molecule has 2 amide bonds. The van der Waals surface area contributed by atoms with Gasteiger partial charge in [0.25, 0.3) is 5.91 Å². The molecule has 0 saturated carbocycles. The van der Waals surface area contributed by atoms with Crippen LogP contribution in [-0.4, -0.2) is 18.9 Å². The minimum absolute atomic E-state index is 0.0728. The molecule has 0 aromatic heterocycles. The number of anilines is 2. The van der Waals surface area contributed by atoms with E-state index in [4.69, 9.17) is 4.74 Å². The summed E-state index contributed by atoms with van der Waals surface area (Å²) in [6, 6.07) is 22.1. The highest BCUT2D eigenvalue weighted by molar-refractivity contribution is 9.10. The molecule has 0 aliphatic rings. The number of hydrogen-bond acceptors (Lipinski definition) is 3. The maximum Gasteiger partial charge on any atom is 0.255 e. The van der Waals surface area contributed by atoms with Gasteiger partial charge < -0.3 is 15.4 Å². The Balaban J connectivity index is 1.59. The van der Waals surface area contributed by atoms with E-state index in [1.165, 1.54) is 0 Å². The topological polar surface area (TPSA) is 67.4 Å². The average molecular weight is 453 g/mol. The van der Waals surface area contributed by atoms with Gasteiger partial charge in [0.15, 0.2) is 0 Å². The molecular weight excluding hydrogens is 432 g/mol. The van der Waals surface area contributed by atoms with Gasteiger partial charge in [0.2, 0.25) is 5.91 Å².